The summed E-state index contributed by atoms with van der Waals surface area (Å²) in [5.41, 5.74) is 9.14. The van der Waals surface area contributed by atoms with E-state index in [1.165, 1.54) is 0 Å². The number of fused-ring (bicyclic) bond motifs is 1. The van der Waals surface area contributed by atoms with E-state index in [0.29, 0.717) is 21.6 Å². The fourth-order valence-corrected chi connectivity index (χ4v) is 2.68. The predicted octanol–water partition coefficient (Wildman–Crippen LogP) is 4.72. The van der Waals surface area contributed by atoms with Crippen molar-refractivity contribution < 1.29 is 0 Å². The number of nitrogens with two attached hydrogens (primary N) is 1. The van der Waals surface area contributed by atoms with Crippen LogP contribution in [0.25, 0.3) is 22.4 Å². The molecule has 0 saturated heterocycles. The number of hydrogen-bond acceptors (Lipinski definition) is 2. The van der Waals surface area contributed by atoms with Crippen LogP contribution in [-0.2, 0) is 0 Å². The zero-order chi connectivity index (χ0) is 13.6. The molecule has 0 saturated carbocycles. The molecule has 0 unspecified atom stereocenters. The molecule has 1 heterocycles. The van der Waals surface area contributed by atoms with Gasteiger partial charge in [0.2, 0.25) is 0 Å². The van der Waals surface area contributed by atoms with Gasteiger partial charge in [0.25, 0.3) is 0 Å². The predicted molar refractivity (Wildman–Crippen MR) is 88.7 cm³/mol. The second-order valence-electron chi connectivity index (χ2n) is 4.10. The number of benzene rings is 2. The van der Waals surface area contributed by atoms with Crippen molar-refractivity contribution in [2.75, 3.05) is 5.73 Å². The lowest BCUT2D eigenvalue weighted by molar-refractivity contribution is 1.33. The van der Waals surface area contributed by atoms with Crippen LogP contribution in [0, 0.1) is 3.57 Å². The van der Waals surface area contributed by atoms with Gasteiger partial charge in [-0.05, 0) is 52.9 Å². The molecule has 3 aromatic rings. The highest BCUT2D eigenvalue weighted by molar-refractivity contribution is 14.1. The van der Waals surface area contributed by atoms with E-state index in [-0.39, 0.29) is 0 Å². The number of nitrogen functional groups attached to an aromatic ring is 1. The Balaban J connectivity index is 2.23. The SMILES string of the molecule is Nc1ccc(I)cc1-c1nc2cc(Cl)c(Cl)cc2[nH]1. The smallest absolute Gasteiger partial charge is 0.140 e. The van der Waals surface area contributed by atoms with Gasteiger partial charge >= 0.3 is 0 Å². The number of rotatable bonds is 1. The van der Waals surface area contributed by atoms with Crippen molar-refractivity contribution in [3.05, 3.63) is 43.9 Å². The Hall–Kier alpha value is -0.980. The quantitative estimate of drug-likeness (QED) is 0.456. The van der Waals surface area contributed by atoms with E-state index < -0.39 is 0 Å². The maximum Gasteiger partial charge on any atom is 0.140 e. The molecule has 0 bridgehead atoms. The van der Waals surface area contributed by atoms with Crippen LogP contribution in [-0.4, -0.2) is 9.97 Å². The van der Waals surface area contributed by atoms with Crippen LogP contribution in [0.4, 0.5) is 5.69 Å². The van der Waals surface area contributed by atoms with E-state index in [1.807, 2.05) is 18.2 Å². The lowest BCUT2D eigenvalue weighted by atomic mass is 10.2. The molecule has 0 radical (unpaired) electrons. The molecule has 3 rings (SSSR count). The first-order chi connectivity index (χ1) is 9.04. The Labute approximate surface area is 133 Å². The lowest BCUT2D eigenvalue weighted by Gasteiger charge is -2.02. The van der Waals surface area contributed by atoms with E-state index in [2.05, 4.69) is 32.6 Å². The summed E-state index contributed by atoms with van der Waals surface area (Å²) in [5, 5.41) is 0.989. The third kappa shape index (κ3) is 2.40. The second kappa shape index (κ2) is 4.85. The number of anilines is 1. The maximum atomic E-state index is 5.99. The van der Waals surface area contributed by atoms with Gasteiger partial charge in [0.05, 0.1) is 21.1 Å². The largest absolute Gasteiger partial charge is 0.398 e. The van der Waals surface area contributed by atoms with E-state index in [1.54, 1.807) is 12.1 Å². The average Bonchev–Trinajstić information content (AvgIpc) is 2.75. The summed E-state index contributed by atoms with van der Waals surface area (Å²) in [6.07, 6.45) is 0. The molecule has 3 N–H and O–H groups in total. The minimum absolute atomic E-state index is 0.489. The van der Waals surface area contributed by atoms with Crippen LogP contribution in [0.3, 0.4) is 0 Å². The molecule has 19 heavy (non-hydrogen) atoms. The molecule has 6 heteroatoms. The van der Waals surface area contributed by atoms with Gasteiger partial charge < -0.3 is 10.7 Å². The van der Waals surface area contributed by atoms with Crippen LogP contribution in [0.1, 0.15) is 0 Å². The number of halogens is 3. The van der Waals surface area contributed by atoms with E-state index in [9.17, 15) is 0 Å². The van der Waals surface area contributed by atoms with Gasteiger partial charge in [-0.1, -0.05) is 23.2 Å². The van der Waals surface area contributed by atoms with Gasteiger partial charge in [-0.15, -0.1) is 0 Å². The number of hydrogen-bond donors (Lipinski definition) is 2. The molecule has 0 aliphatic heterocycles. The Bertz CT molecular complexity index is 744. The fourth-order valence-electron chi connectivity index (χ4n) is 1.87. The number of nitrogens with zero attached hydrogens (tertiary/aromatic N) is 1. The van der Waals surface area contributed by atoms with Crippen LogP contribution >= 0.6 is 45.8 Å². The van der Waals surface area contributed by atoms with Gasteiger partial charge in [0.15, 0.2) is 0 Å². The van der Waals surface area contributed by atoms with Crippen molar-refractivity contribution in [2.45, 2.75) is 0 Å². The third-order valence-electron chi connectivity index (χ3n) is 2.79. The second-order valence-corrected chi connectivity index (χ2v) is 6.16. The standard InChI is InChI=1S/C13H8Cl2IN3/c14-8-4-11-12(5-9(8)15)19-13(18-11)7-3-6(16)1-2-10(7)17/h1-5H,17H2,(H,18,19). The number of aromatic amines is 1. The Morgan fingerprint density at radius 3 is 2.63 bits per heavy atom. The van der Waals surface area contributed by atoms with Gasteiger partial charge in [0, 0.05) is 14.8 Å². The zero-order valence-corrected chi connectivity index (χ0v) is 13.2. The number of H-pyrrole nitrogens is 1. The highest BCUT2D eigenvalue weighted by Crippen LogP contribution is 2.31. The van der Waals surface area contributed by atoms with Crippen molar-refractivity contribution in [2.24, 2.45) is 0 Å². The molecule has 96 valence electrons. The first-order valence-electron chi connectivity index (χ1n) is 5.45. The maximum absolute atomic E-state index is 5.99. The summed E-state index contributed by atoms with van der Waals surface area (Å²) < 4.78 is 1.10. The first kappa shape index (κ1) is 13.0. The molecular formula is C13H8Cl2IN3. The molecular weight excluding hydrogens is 396 g/mol. The molecule has 0 aliphatic carbocycles. The first-order valence-corrected chi connectivity index (χ1v) is 7.28. The van der Waals surface area contributed by atoms with Crippen LogP contribution in [0.2, 0.25) is 10.0 Å². The highest BCUT2D eigenvalue weighted by atomic mass is 127. The Morgan fingerprint density at radius 1 is 1.11 bits per heavy atom. The fraction of sp³-hybridized carbons (Fsp3) is 0. The molecule has 0 atom stereocenters. The van der Waals surface area contributed by atoms with Crippen molar-refractivity contribution in [3.63, 3.8) is 0 Å². The molecule has 0 amide bonds. The normalized spacial score (nSPS) is 11.1. The minimum atomic E-state index is 0.489. The zero-order valence-electron chi connectivity index (χ0n) is 9.55. The summed E-state index contributed by atoms with van der Waals surface area (Å²) in [5.74, 6) is 0.712. The average molecular weight is 404 g/mol. The minimum Gasteiger partial charge on any atom is -0.398 e. The molecule has 0 fully saturated rings. The van der Waals surface area contributed by atoms with Crippen molar-refractivity contribution >= 4 is 62.5 Å². The van der Waals surface area contributed by atoms with Crippen molar-refractivity contribution in [1.82, 2.24) is 9.97 Å². The summed E-state index contributed by atoms with van der Waals surface area (Å²) in [6.45, 7) is 0. The Kier molecular flexibility index (Phi) is 3.32. The van der Waals surface area contributed by atoms with E-state index in [0.717, 1.165) is 20.2 Å². The summed E-state index contributed by atoms with van der Waals surface area (Å²) in [6, 6.07) is 9.31. The number of imidazole rings is 1. The summed E-state index contributed by atoms with van der Waals surface area (Å²) in [7, 11) is 0. The van der Waals surface area contributed by atoms with Crippen LogP contribution < -0.4 is 5.73 Å². The summed E-state index contributed by atoms with van der Waals surface area (Å²) in [4.78, 5) is 7.72. The van der Waals surface area contributed by atoms with E-state index >= 15 is 0 Å². The summed E-state index contributed by atoms with van der Waals surface area (Å²) >= 11 is 14.2. The van der Waals surface area contributed by atoms with Gasteiger partial charge in [-0.2, -0.15) is 0 Å². The van der Waals surface area contributed by atoms with Crippen molar-refractivity contribution in [3.8, 4) is 11.4 Å². The number of aromatic nitrogens is 2. The molecule has 0 aliphatic rings. The number of nitrogens with one attached hydrogen (secondary N) is 1. The van der Waals surface area contributed by atoms with E-state index in [4.69, 9.17) is 28.9 Å². The van der Waals surface area contributed by atoms with Crippen molar-refractivity contribution in [1.29, 1.82) is 0 Å². The van der Waals surface area contributed by atoms with Gasteiger partial charge in [-0.3, -0.25) is 0 Å². The topological polar surface area (TPSA) is 54.7 Å². The molecule has 3 nitrogen and oxygen atoms in total. The highest BCUT2D eigenvalue weighted by Gasteiger charge is 2.10. The van der Waals surface area contributed by atoms with Crippen LogP contribution in [0.5, 0.6) is 0 Å². The van der Waals surface area contributed by atoms with Gasteiger partial charge in [0.1, 0.15) is 5.82 Å². The molecule has 2 aromatic carbocycles. The Morgan fingerprint density at radius 2 is 1.84 bits per heavy atom. The monoisotopic (exact) mass is 403 g/mol. The van der Waals surface area contributed by atoms with Gasteiger partial charge in [-0.25, -0.2) is 4.98 Å². The lowest BCUT2D eigenvalue weighted by Crippen LogP contribution is -1.91. The van der Waals surface area contributed by atoms with Crippen LogP contribution in [0.15, 0.2) is 30.3 Å². The molecule has 0 spiro atoms. The molecule has 1 aromatic heterocycles. The third-order valence-corrected chi connectivity index (χ3v) is 4.19.